The van der Waals surface area contributed by atoms with Crippen LogP contribution in [0.25, 0.3) is 10.9 Å². The third-order valence-corrected chi connectivity index (χ3v) is 3.60. The number of esters is 1. The average Bonchev–Trinajstić information content (AvgIpc) is 3.02. The molecule has 0 aliphatic carbocycles. The molecule has 0 saturated heterocycles. The van der Waals surface area contributed by atoms with Gasteiger partial charge in [0.2, 0.25) is 0 Å². The molecule has 1 aliphatic heterocycles. The Labute approximate surface area is 127 Å². The molecule has 0 radical (unpaired) electrons. The Morgan fingerprint density at radius 3 is 3.10 bits per heavy atom. The highest BCUT2D eigenvalue weighted by atomic mass is 35.5. The van der Waals surface area contributed by atoms with Crippen molar-refractivity contribution in [2.45, 2.75) is 6.92 Å². The minimum atomic E-state index is -0.457. The van der Waals surface area contributed by atoms with Gasteiger partial charge < -0.3 is 4.74 Å². The van der Waals surface area contributed by atoms with Crippen molar-refractivity contribution in [1.29, 1.82) is 0 Å². The lowest BCUT2D eigenvalue weighted by Crippen LogP contribution is -2.28. The zero-order valence-corrected chi connectivity index (χ0v) is 12.2. The van der Waals surface area contributed by atoms with Gasteiger partial charge in [0.25, 0.3) is 0 Å². The summed E-state index contributed by atoms with van der Waals surface area (Å²) >= 11 is 6.35. The van der Waals surface area contributed by atoms with Crippen LogP contribution in [-0.4, -0.2) is 24.1 Å². The Bertz CT molecular complexity index is 730. The number of nitrogens with zero attached hydrogens (tertiary/aromatic N) is 2. The van der Waals surface area contributed by atoms with Crippen molar-refractivity contribution < 1.29 is 9.53 Å². The highest BCUT2D eigenvalue weighted by molar-refractivity contribution is 6.38. The van der Waals surface area contributed by atoms with Gasteiger partial charge in [-0.15, -0.1) is 0 Å². The van der Waals surface area contributed by atoms with Crippen molar-refractivity contribution in [2.24, 2.45) is 0 Å². The van der Waals surface area contributed by atoms with E-state index >= 15 is 0 Å². The van der Waals surface area contributed by atoms with E-state index in [1.807, 2.05) is 35.5 Å². The van der Waals surface area contributed by atoms with E-state index in [0.29, 0.717) is 11.6 Å². The number of nitrogens with one attached hydrogen (secondary N) is 1. The molecule has 21 heavy (non-hydrogen) atoms. The van der Waals surface area contributed by atoms with E-state index in [9.17, 15) is 4.79 Å². The smallest absolute Gasteiger partial charge is 0.341 e. The summed E-state index contributed by atoms with van der Waals surface area (Å²) in [6.45, 7) is 2.84. The van der Waals surface area contributed by atoms with Crippen LogP contribution in [0.3, 0.4) is 0 Å². The van der Waals surface area contributed by atoms with Gasteiger partial charge in [-0.2, -0.15) is 0 Å². The summed E-state index contributed by atoms with van der Waals surface area (Å²) in [7, 11) is 0. The van der Waals surface area contributed by atoms with Gasteiger partial charge in [0.15, 0.2) is 0 Å². The second-order valence-electron chi connectivity index (χ2n) is 4.52. The molecule has 5 nitrogen and oxygen atoms in total. The topological polar surface area (TPSA) is 54.5 Å². The Kier molecular flexibility index (Phi) is 3.77. The second kappa shape index (κ2) is 5.71. The monoisotopic (exact) mass is 303 g/mol. The molecule has 1 N–H and O–H groups in total. The van der Waals surface area contributed by atoms with Crippen molar-refractivity contribution in [1.82, 2.24) is 10.4 Å². The number of carbonyl (C=O) groups is 1. The third kappa shape index (κ3) is 2.57. The number of halogens is 1. The lowest BCUT2D eigenvalue weighted by atomic mass is 10.1. The molecule has 1 aliphatic rings. The van der Waals surface area contributed by atoms with E-state index in [0.717, 1.165) is 23.1 Å². The number of fused-ring (bicyclic) bond motifs is 1. The minimum Gasteiger partial charge on any atom is -0.462 e. The van der Waals surface area contributed by atoms with Crippen LogP contribution < -0.4 is 10.4 Å². The number of ether oxygens (including phenoxy) is 1. The molecule has 3 rings (SSSR count). The van der Waals surface area contributed by atoms with Gasteiger partial charge in [-0.1, -0.05) is 17.7 Å². The molecule has 1 aromatic heterocycles. The number of hydrogen-bond donors (Lipinski definition) is 1. The van der Waals surface area contributed by atoms with Gasteiger partial charge in [0.05, 0.1) is 28.4 Å². The molecule has 2 aromatic rings. The Morgan fingerprint density at radius 1 is 1.52 bits per heavy atom. The zero-order valence-electron chi connectivity index (χ0n) is 11.5. The minimum absolute atomic E-state index is 0.285. The number of anilines is 1. The maximum absolute atomic E-state index is 11.9. The molecular formula is C15H14ClN3O2. The van der Waals surface area contributed by atoms with Crippen LogP contribution in [0.1, 0.15) is 17.3 Å². The molecule has 0 bridgehead atoms. The number of rotatable bonds is 3. The van der Waals surface area contributed by atoms with Crippen molar-refractivity contribution >= 4 is 34.2 Å². The molecule has 0 saturated carbocycles. The number of hydrazine groups is 1. The summed E-state index contributed by atoms with van der Waals surface area (Å²) in [5, 5.41) is 2.98. The van der Waals surface area contributed by atoms with Crippen LogP contribution in [0.5, 0.6) is 0 Å². The molecule has 0 fully saturated rings. The fourth-order valence-corrected chi connectivity index (χ4v) is 2.47. The molecule has 0 unspecified atom stereocenters. The van der Waals surface area contributed by atoms with E-state index in [1.54, 1.807) is 6.92 Å². The zero-order chi connectivity index (χ0) is 14.8. The van der Waals surface area contributed by atoms with E-state index in [1.165, 1.54) is 6.20 Å². The van der Waals surface area contributed by atoms with Crippen molar-refractivity contribution in [2.75, 3.05) is 18.2 Å². The Balaban J connectivity index is 2.07. The maximum atomic E-state index is 11.9. The molecule has 0 amide bonds. The summed E-state index contributed by atoms with van der Waals surface area (Å²) in [6.07, 6.45) is 5.41. The fourth-order valence-electron chi connectivity index (χ4n) is 2.19. The third-order valence-electron chi connectivity index (χ3n) is 3.19. The lowest BCUT2D eigenvalue weighted by Gasteiger charge is -2.17. The summed E-state index contributed by atoms with van der Waals surface area (Å²) in [6, 6.07) is 5.72. The quantitative estimate of drug-likeness (QED) is 0.884. The SMILES string of the molecule is CCOC(=O)c1cnc2ccc(N3C=CCN3)cc2c1Cl. The van der Waals surface area contributed by atoms with Crippen LogP contribution in [-0.2, 0) is 4.74 Å². The average molecular weight is 304 g/mol. The highest BCUT2D eigenvalue weighted by Crippen LogP contribution is 2.30. The first-order valence-corrected chi connectivity index (χ1v) is 7.03. The van der Waals surface area contributed by atoms with Crippen LogP contribution in [0, 0.1) is 0 Å². The molecule has 0 spiro atoms. The lowest BCUT2D eigenvalue weighted by molar-refractivity contribution is 0.0526. The van der Waals surface area contributed by atoms with Crippen molar-refractivity contribution in [3.8, 4) is 0 Å². The molecule has 1 aromatic carbocycles. The van der Waals surface area contributed by atoms with Gasteiger partial charge in [0.1, 0.15) is 0 Å². The number of aromatic nitrogens is 1. The first-order chi connectivity index (χ1) is 10.2. The summed E-state index contributed by atoms with van der Waals surface area (Å²) in [4.78, 5) is 16.1. The van der Waals surface area contributed by atoms with Gasteiger partial charge in [-0.3, -0.25) is 9.99 Å². The van der Waals surface area contributed by atoms with Crippen LogP contribution >= 0.6 is 11.6 Å². The van der Waals surface area contributed by atoms with Crippen LogP contribution in [0.4, 0.5) is 5.69 Å². The summed E-state index contributed by atoms with van der Waals surface area (Å²) in [5.74, 6) is -0.457. The fraction of sp³-hybridized carbons (Fsp3) is 0.200. The van der Waals surface area contributed by atoms with E-state index in [2.05, 4.69) is 10.4 Å². The molecule has 6 heteroatoms. The first kappa shape index (κ1) is 13.9. The maximum Gasteiger partial charge on any atom is 0.341 e. The van der Waals surface area contributed by atoms with Gasteiger partial charge >= 0.3 is 5.97 Å². The predicted octanol–water partition coefficient (Wildman–Crippen LogP) is 2.90. The molecule has 108 valence electrons. The van der Waals surface area contributed by atoms with E-state index in [-0.39, 0.29) is 5.56 Å². The molecular weight excluding hydrogens is 290 g/mol. The number of benzene rings is 1. The number of pyridine rings is 1. The standard InChI is InChI=1S/C15H14ClN3O2/c1-2-21-15(20)12-9-17-13-5-4-10(8-11(13)14(12)16)19-7-3-6-18-19/h3-5,7-9,18H,2,6H2,1H3. The normalized spacial score (nSPS) is 13.9. The number of hydrogen-bond acceptors (Lipinski definition) is 5. The van der Waals surface area contributed by atoms with Gasteiger partial charge in [0, 0.05) is 24.3 Å². The van der Waals surface area contributed by atoms with Gasteiger partial charge in [-0.25, -0.2) is 10.2 Å². The number of carbonyl (C=O) groups excluding carboxylic acids is 1. The predicted molar refractivity (Wildman–Crippen MR) is 82.3 cm³/mol. The van der Waals surface area contributed by atoms with E-state index < -0.39 is 5.97 Å². The molecule has 0 atom stereocenters. The largest absolute Gasteiger partial charge is 0.462 e. The van der Waals surface area contributed by atoms with Crippen LogP contribution in [0.2, 0.25) is 5.02 Å². The van der Waals surface area contributed by atoms with Crippen molar-refractivity contribution in [3.05, 3.63) is 47.3 Å². The summed E-state index contributed by atoms with van der Waals surface area (Å²) < 4.78 is 4.99. The highest BCUT2D eigenvalue weighted by Gasteiger charge is 2.16. The van der Waals surface area contributed by atoms with Crippen molar-refractivity contribution in [3.63, 3.8) is 0 Å². The summed E-state index contributed by atoms with van der Waals surface area (Å²) in [5.41, 5.74) is 5.13. The molecule has 2 heterocycles. The Hall–Kier alpha value is -2.11. The van der Waals surface area contributed by atoms with E-state index in [4.69, 9.17) is 16.3 Å². The van der Waals surface area contributed by atoms with Crippen LogP contribution in [0.15, 0.2) is 36.7 Å². The Morgan fingerprint density at radius 2 is 2.38 bits per heavy atom. The van der Waals surface area contributed by atoms with Gasteiger partial charge in [-0.05, 0) is 25.1 Å². The first-order valence-electron chi connectivity index (χ1n) is 6.65. The second-order valence-corrected chi connectivity index (χ2v) is 4.90.